The van der Waals surface area contributed by atoms with Crippen LogP contribution in [-0.4, -0.2) is 27.3 Å². The van der Waals surface area contributed by atoms with E-state index < -0.39 is 0 Å². The van der Waals surface area contributed by atoms with Gasteiger partial charge < -0.3 is 5.32 Å². The highest BCUT2D eigenvalue weighted by molar-refractivity contribution is 7.99. The Morgan fingerprint density at radius 1 is 1.32 bits per heavy atom. The molecule has 0 radical (unpaired) electrons. The van der Waals surface area contributed by atoms with Crippen LogP contribution in [-0.2, 0) is 23.2 Å². The van der Waals surface area contributed by atoms with Crippen molar-refractivity contribution in [3.63, 3.8) is 0 Å². The van der Waals surface area contributed by atoms with Crippen LogP contribution in [0.4, 0.5) is 0 Å². The monoisotopic (exact) mass is 399 g/mol. The number of carbonyl (C=O) groups is 1. The van der Waals surface area contributed by atoms with Gasteiger partial charge in [-0.05, 0) is 25.3 Å². The normalized spacial score (nSPS) is 17.6. The van der Waals surface area contributed by atoms with E-state index in [1.165, 1.54) is 17.3 Å². The Morgan fingerprint density at radius 3 is 2.71 bits per heavy atom. The largest absolute Gasteiger partial charge is 0.353 e. The van der Waals surface area contributed by atoms with Gasteiger partial charge in [0.2, 0.25) is 5.91 Å². The molecule has 150 valence electrons. The van der Waals surface area contributed by atoms with Crippen molar-refractivity contribution in [2.75, 3.05) is 5.75 Å². The third kappa shape index (κ3) is 5.04. The maximum atomic E-state index is 12.7. The first kappa shape index (κ1) is 20.6. The van der Waals surface area contributed by atoms with E-state index in [9.17, 15) is 9.59 Å². The van der Waals surface area contributed by atoms with Gasteiger partial charge >= 0.3 is 0 Å². The van der Waals surface area contributed by atoms with Gasteiger partial charge in [-0.3, -0.25) is 14.2 Å². The molecule has 1 aromatic carbocycles. The fourth-order valence-electron chi connectivity index (χ4n) is 3.21. The summed E-state index contributed by atoms with van der Waals surface area (Å²) in [4.78, 5) is 29.9. The van der Waals surface area contributed by atoms with Crippen LogP contribution >= 0.6 is 11.8 Å². The molecule has 0 bridgehead atoms. The lowest BCUT2D eigenvalue weighted by molar-refractivity contribution is -0.125. The number of fused-ring (bicyclic) bond motifs is 1. The zero-order valence-electron chi connectivity index (χ0n) is 17.1. The molecule has 1 aliphatic heterocycles. The summed E-state index contributed by atoms with van der Waals surface area (Å²) < 4.78 is 1.64. The Labute approximate surface area is 171 Å². The fraction of sp³-hybridized carbons (Fsp3) is 0.500. The molecule has 1 aliphatic rings. The summed E-state index contributed by atoms with van der Waals surface area (Å²) in [5.74, 6) is 0.458. The molecule has 0 saturated heterocycles. The molecule has 0 saturated carbocycles. The van der Waals surface area contributed by atoms with Gasteiger partial charge in [0, 0.05) is 29.8 Å². The molecular weight excluding hydrogens is 370 g/mol. The van der Waals surface area contributed by atoms with Crippen LogP contribution < -0.4 is 10.9 Å². The number of benzene rings is 1. The number of hydrogen-bond acceptors (Lipinski definition) is 4. The Morgan fingerprint density at radius 2 is 2.04 bits per heavy atom. The molecule has 5 nitrogen and oxygen atoms in total. The first-order chi connectivity index (χ1) is 13.2. The first-order valence-electron chi connectivity index (χ1n) is 9.83. The van der Waals surface area contributed by atoms with Crippen LogP contribution in [0.3, 0.4) is 0 Å². The summed E-state index contributed by atoms with van der Waals surface area (Å²) in [6, 6.07) is 12.0. The molecule has 0 aliphatic carbocycles. The van der Waals surface area contributed by atoms with Crippen molar-refractivity contribution >= 4 is 17.7 Å². The summed E-state index contributed by atoms with van der Waals surface area (Å²) in [6.07, 6.45) is 1.83. The van der Waals surface area contributed by atoms with Crippen LogP contribution in [0.1, 0.15) is 45.4 Å². The molecule has 28 heavy (non-hydrogen) atoms. The lowest BCUT2D eigenvalue weighted by Crippen LogP contribution is -2.43. The summed E-state index contributed by atoms with van der Waals surface area (Å²) >= 11 is 1.50. The molecule has 0 unspecified atom stereocenters. The lowest BCUT2D eigenvalue weighted by Gasteiger charge is -2.27. The Kier molecular flexibility index (Phi) is 6.28. The summed E-state index contributed by atoms with van der Waals surface area (Å²) in [5.41, 5.74) is 1.83. The van der Waals surface area contributed by atoms with Crippen molar-refractivity contribution in [2.24, 2.45) is 5.92 Å². The van der Waals surface area contributed by atoms with Crippen LogP contribution in [0.5, 0.6) is 0 Å². The molecule has 0 fully saturated rings. The third-order valence-electron chi connectivity index (χ3n) is 5.03. The number of aromatic nitrogens is 2. The van der Waals surface area contributed by atoms with E-state index in [0.29, 0.717) is 12.3 Å². The van der Waals surface area contributed by atoms with Gasteiger partial charge in [-0.15, -0.1) is 0 Å². The van der Waals surface area contributed by atoms with Gasteiger partial charge in [0.05, 0.1) is 11.6 Å². The lowest BCUT2D eigenvalue weighted by atomic mass is 9.92. The molecule has 1 N–H and O–H groups in total. The Hall–Kier alpha value is -2.08. The predicted molar refractivity (Wildman–Crippen MR) is 114 cm³/mol. The Bertz CT molecular complexity index is 887. The van der Waals surface area contributed by atoms with Gasteiger partial charge in [0.1, 0.15) is 0 Å². The molecular formula is C22H29N3O2S. The number of carbonyl (C=O) groups excluding carboxylic acids is 1. The second kappa shape index (κ2) is 8.52. The average Bonchev–Trinajstić information content (AvgIpc) is 2.66. The Balaban J connectivity index is 1.60. The summed E-state index contributed by atoms with van der Waals surface area (Å²) in [5, 5.41) is 3.84. The van der Waals surface area contributed by atoms with E-state index in [1.54, 1.807) is 10.6 Å². The molecule has 6 heteroatoms. The number of amides is 1. The van der Waals surface area contributed by atoms with Gasteiger partial charge in [-0.1, -0.05) is 62.9 Å². The smallest absolute Gasteiger partial charge is 0.254 e. The highest BCUT2D eigenvalue weighted by atomic mass is 32.2. The highest BCUT2D eigenvalue weighted by Gasteiger charge is 2.29. The van der Waals surface area contributed by atoms with Crippen molar-refractivity contribution in [1.29, 1.82) is 0 Å². The maximum Gasteiger partial charge on any atom is 0.254 e. The zero-order valence-corrected chi connectivity index (χ0v) is 17.9. The first-order valence-corrected chi connectivity index (χ1v) is 10.8. The molecule has 2 aromatic rings. The van der Waals surface area contributed by atoms with Crippen molar-refractivity contribution < 1.29 is 4.79 Å². The molecule has 1 aromatic heterocycles. The standard InChI is InChI=1S/C22H29N3O2S/c1-15(10-11-16-8-6-5-7-9-16)23-20(27)17-13-25-19(26)12-18(22(2,3)4)24-21(25)28-14-17/h5-9,12,15,17H,10-11,13-14H2,1-4H3,(H,23,27)/t15-,17+/m0/s1. The number of thioether (sulfide) groups is 1. The van der Waals surface area contributed by atoms with E-state index in [2.05, 4.69) is 22.4 Å². The molecule has 0 spiro atoms. The minimum absolute atomic E-state index is 0.0190. The van der Waals surface area contributed by atoms with E-state index in [1.807, 2.05) is 45.9 Å². The highest BCUT2D eigenvalue weighted by Crippen LogP contribution is 2.28. The quantitative estimate of drug-likeness (QED) is 0.783. The van der Waals surface area contributed by atoms with Gasteiger partial charge in [0.25, 0.3) is 5.56 Å². The maximum absolute atomic E-state index is 12.7. The van der Waals surface area contributed by atoms with E-state index in [0.717, 1.165) is 23.7 Å². The minimum atomic E-state index is -0.211. The van der Waals surface area contributed by atoms with Crippen LogP contribution in [0.25, 0.3) is 0 Å². The second-order valence-electron chi connectivity index (χ2n) is 8.56. The molecule has 2 atom stereocenters. The van der Waals surface area contributed by atoms with E-state index in [4.69, 9.17) is 0 Å². The van der Waals surface area contributed by atoms with Crippen molar-refractivity contribution in [1.82, 2.24) is 14.9 Å². The molecule has 2 heterocycles. The van der Waals surface area contributed by atoms with Crippen molar-refractivity contribution in [2.45, 2.75) is 63.7 Å². The second-order valence-corrected chi connectivity index (χ2v) is 9.55. The average molecular weight is 400 g/mol. The summed E-state index contributed by atoms with van der Waals surface area (Å²) in [6.45, 7) is 8.58. The van der Waals surface area contributed by atoms with Crippen LogP contribution in [0, 0.1) is 5.92 Å². The van der Waals surface area contributed by atoms with E-state index >= 15 is 0 Å². The number of rotatable bonds is 5. The van der Waals surface area contributed by atoms with Gasteiger partial charge in [-0.2, -0.15) is 0 Å². The van der Waals surface area contributed by atoms with E-state index in [-0.39, 0.29) is 28.8 Å². The fourth-order valence-corrected chi connectivity index (χ4v) is 4.31. The van der Waals surface area contributed by atoms with Gasteiger partial charge in [0.15, 0.2) is 5.16 Å². The van der Waals surface area contributed by atoms with Crippen LogP contribution in [0.2, 0.25) is 0 Å². The van der Waals surface area contributed by atoms with Crippen molar-refractivity contribution in [3.05, 3.63) is 58.0 Å². The SMILES string of the molecule is C[C@@H](CCc1ccccc1)NC(=O)[C@H]1CSc2nc(C(C)(C)C)cc(=O)n2C1. The predicted octanol–water partition coefficient (Wildman–Crippen LogP) is 3.40. The topological polar surface area (TPSA) is 64.0 Å². The van der Waals surface area contributed by atoms with Gasteiger partial charge in [-0.25, -0.2) is 4.98 Å². The minimum Gasteiger partial charge on any atom is -0.353 e. The molecule has 3 rings (SSSR count). The number of nitrogens with zero attached hydrogens (tertiary/aromatic N) is 2. The zero-order chi connectivity index (χ0) is 20.3. The molecule has 1 amide bonds. The third-order valence-corrected chi connectivity index (χ3v) is 6.17. The number of hydrogen-bond donors (Lipinski definition) is 1. The van der Waals surface area contributed by atoms with Crippen LogP contribution in [0.15, 0.2) is 46.3 Å². The summed E-state index contributed by atoms with van der Waals surface area (Å²) in [7, 11) is 0. The van der Waals surface area contributed by atoms with Crippen molar-refractivity contribution in [3.8, 4) is 0 Å². The number of aryl methyl sites for hydroxylation is 1. The number of nitrogens with one attached hydrogen (secondary N) is 1.